The van der Waals surface area contributed by atoms with Crippen molar-refractivity contribution in [1.29, 1.82) is 0 Å². The van der Waals surface area contributed by atoms with Gasteiger partial charge in [-0.2, -0.15) is 0 Å². The summed E-state index contributed by atoms with van der Waals surface area (Å²) in [5.74, 6) is 0. The van der Waals surface area contributed by atoms with Crippen LogP contribution in [-0.4, -0.2) is 4.98 Å². The molecule has 82 valence electrons. The summed E-state index contributed by atoms with van der Waals surface area (Å²) in [6.07, 6.45) is 1.06. The second-order valence-corrected chi connectivity index (χ2v) is 4.86. The highest BCUT2D eigenvalue weighted by molar-refractivity contribution is 5.94. The minimum Gasteiger partial charge on any atom is -0.354 e. The van der Waals surface area contributed by atoms with Gasteiger partial charge in [0.1, 0.15) is 0 Å². The molecule has 17 heavy (non-hydrogen) atoms. The lowest BCUT2D eigenvalue weighted by Gasteiger charge is -1.99. The van der Waals surface area contributed by atoms with Gasteiger partial charge in [0.25, 0.3) is 0 Å². The molecule has 1 nitrogen and oxygen atoms in total. The van der Waals surface area contributed by atoms with Crippen molar-refractivity contribution < 1.29 is 0 Å². The van der Waals surface area contributed by atoms with Gasteiger partial charge in [-0.15, -0.1) is 0 Å². The van der Waals surface area contributed by atoms with Crippen molar-refractivity contribution in [3.63, 3.8) is 0 Å². The highest BCUT2D eigenvalue weighted by Crippen LogP contribution is 2.40. The van der Waals surface area contributed by atoms with Crippen molar-refractivity contribution in [2.45, 2.75) is 13.3 Å². The maximum absolute atomic E-state index is 3.57. The average Bonchev–Trinajstić information content (AvgIpc) is 2.84. The van der Waals surface area contributed by atoms with E-state index in [1.54, 1.807) is 0 Å². The molecule has 0 fully saturated rings. The molecular formula is C16H13N. The monoisotopic (exact) mass is 219 g/mol. The smallest absolute Gasteiger partial charge is 0.0503 e. The zero-order valence-corrected chi connectivity index (χ0v) is 9.75. The zero-order valence-electron chi connectivity index (χ0n) is 9.75. The van der Waals surface area contributed by atoms with Crippen LogP contribution in [0.5, 0.6) is 0 Å². The van der Waals surface area contributed by atoms with Crippen molar-refractivity contribution in [2.24, 2.45) is 0 Å². The van der Waals surface area contributed by atoms with E-state index in [4.69, 9.17) is 0 Å². The maximum atomic E-state index is 3.57. The molecule has 1 heterocycles. The number of rotatable bonds is 0. The van der Waals surface area contributed by atoms with E-state index in [2.05, 4.69) is 54.4 Å². The third kappa shape index (κ3) is 1.14. The molecule has 1 heteroatoms. The van der Waals surface area contributed by atoms with Gasteiger partial charge in [0.05, 0.1) is 5.69 Å². The van der Waals surface area contributed by atoms with Crippen LogP contribution >= 0.6 is 0 Å². The number of aromatic nitrogens is 1. The van der Waals surface area contributed by atoms with Gasteiger partial charge >= 0.3 is 0 Å². The highest BCUT2D eigenvalue weighted by Gasteiger charge is 2.22. The molecular weight excluding hydrogens is 206 g/mol. The van der Waals surface area contributed by atoms with Gasteiger partial charge in [-0.3, -0.25) is 0 Å². The Morgan fingerprint density at radius 2 is 1.94 bits per heavy atom. The molecule has 0 bridgehead atoms. The van der Waals surface area contributed by atoms with Crippen LogP contribution in [0.3, 0.4) is 0 Å². The van der Waals surface area contributed by atoms with Crippen molar-refractivity contribution in [1.82, 2.24) is 4.98 Å². The number of benzene rings is 2. The number of fused-ring (bicyclic) bond motifs is 5. The molecule has 2 aromatic carbocycles. The van der Waals surface area contributed by atoms with E-state index in [1.807, 2.05) is 0 Å². The van der Waals surface area contributed by atoms with Crippen LogP contribution in [0.1, 0.15) is 16.7 Å². The molecule has 1 aliphatic carbocycles. The minimum absolute atomic E-state index is 1.06. The predicted molar refractivity (Wildman–Crippen MR) is 71.3 cm³/mol. The number of nitrogens with one attached hydrogen (secondary N) is 1. The summed E-state index contributed by atoms with van der Waals surface area (Å²) in [6.45, 7) is 2.14. The first-order chi connectivity index (χ1) is 8.33. The van der Waals surface area contributed by atoms with Crippen molar-refractivity contribution in [3.8, 4) is 11.3 Å². The van der Waals surface area contributed by atoms with Crippen molar-refractivity contribution in [3.05, 3.63) is 59.2 Å². The van der Waals surface area contributed by atoms with Crippen LogP contribution in [0.25, 0.3) is 22.2 Å². The fraction of sp³-hybridized carbons (Fsp3) is 0.125. The maximum Gasteiger partial charge on any atom is 0.0503 e. The summed E-state index contributed by atoms with van der Waals surface area (Å²) in [6, 6.07) is 15.3. The van der Waals surface area contributed by atoms with Gasteiger partial charge in [-0.05, 0) is 29.7 Å². The third-order valence-corrected chi connectivity index (χ3v) is 3.72. The van der Waals surface area contributed by atoms with Crippen molar-refractivity contribution in [2.75, 3.05) is 0 Å². The fourth-order valence-electron chi connectivity index (χ4n) is 2.89. The number of aromatic amines is 1. The summed E-state index contributed by atoms with van der Waals surface area (Å²) < 4.78 is 0. The molecule has 4 rings (SSSR count). The van der Waals surface area contributed by atoms with Crippen LogP contribution in [0.2, 0.25) is 0 Å². The lowest BCUT2D eigenvalue weighted by atomic mass is 10.1. The van der Waals surface area contributed by atoms with Crippen LogP contribution in [-0.2, 0) is 6.42 Å². The van der Waals surface area contributed by atoms with E-state index in [0.29, 0.717) is 0 Å². The lowest BCUT2D eigenvalue weighted by Crippen LogP contribution is -1.81. The van der Waals surface area contributed by atoms with Gasteiger partial charge in [-0.25, -0.2) is 0 Å². The molecule has 0 saturated carbocycles. The normalized spacial score (nSPS) is 12.8. The Kier molecular flexibility index (Phi) is 1.60. The van der Waals surface area contributed by atoms with E-state index in [1.165, 1.54) is 38.9 Å². The summed E-state index contributed by atoms with van der Waals surface area (Å²) in [7, 11) is 0. The molecule has 0 aliphatic heterocycles. The first-order valence-electron chi connectivity index (χ1n) is 6.02. The number of hydrogen-bond acceptors (Lipinski definition) is 0. The Labute approximate surface area is 100 Å². The van der Waals surface area contributed by atoms with E-state index in [-0.39, 0.29) is 0 Å². The highest BCUT2D eigenvalue weighted by atomic mass is 14.7. The second-order valence-electron chi connectivity index (χ2n) is 4.86. The number of H-pyrrole nitrogens is 1. The Morgan fingerprint density at radius 3 is 2.88 bits per heavy atom. The topological polar surface area (TPSA) is 15.8 Å². The van der Waals surface area contributed by atoms with Crippen LogP contribution in [0.15, 0.2) is 42.5 Å². The Balaban J connectivity index is 2.08. The van der Waals surface area contributed by atoms with Crippen LogP contribution < -0.4 is 0 Å². The summed E-state index contributed by atoms with van der Waals surface area (Å²) >= 11 is 0. The summed E-state index contributed by atoms with van der Waals surface area (Å²) in [5, 5.41) is 1.38. The van der Waals surface area contributed by atoms with E-state index < -0.39 is 0 Å². The summed E-state index contributed by atoms with van der Waals surface area (Å²) in [5.41, 5.74) is 8.17. The van der Waals surface area contributed by atoms with E-state index in [9.17, 15) is 0 Å². The standard InChI is InChI=1S/C16H13N/c1-10-6-7-13-14-9-11-4-2-3-5-12(11)16(14)17-15(13)8-10/h2-8,17H,9H2,1H3. The molecule has 0 radical (unpaired) electrons. The molecule has 1 aliphatic rings. The molecule has 0 saturated heterocycles. The molecule has 1 N–H and O–H groups in total. The molecule has 0 spiro atoms. The van der Waals surface area contributed by atoms with E-state index >= 15 is 0 Å². The van der Waals surface area contributed by atoms with E-state index in [0.717, 1.165) is 6.42 Å². The molecule has 0 amide bonds. The number of hydrogen-bond donors (Lipinski definition) is 1. The molecule has 3 aromatic rings. The quantitative estimate of drug-likeness (QED) is 0.459. The lowest BCUT2D eigenvalue weighted by molar-refractivity contribution is 1.29. The Bertz CT molecular complexity index is 734. The SMILES string of the molecule is Cc1ccc2c3c([nH]c2c1)-c1ccccc1C3. The van der Waals surface area contributed by atoms with Crippen molar-refractivity contribution >= 4 is 10.9 Å². The van der Waals surface area contributed by atoms with Gasteiger partial charge in [0, 0.05) is 22.9 Å². The second kappa shape index (κ2) is 3.01. The molecule has 1 aromatic heterocycles. The largest absolute Gasteiger partial charge is 0.354 e. The average molecular weight is 219 g/mol. The minimum atomic E-state index is 1.06. The first kappa shape index (κ1) is 9.06. The van der Waals surface area contributed by atoms with Gasteiger partial charge in [0.2, 0.25) is 0 Å². The van der Waals surface area contributed by atoms with Gasteiger partial charge < -0.3 is 4.98 Å². The predicted octanol–water partition coefficient (Wildman–Crippen LogP) is 4.05. The molecule has 0 unspecified atom stereocenters. The zero-order chi connectivity index (χ0) is 11.4. The number of aryl methyl sites for hydroxylation is 1. The Hall–Kier alpha value is -2.02. The third-order valence-electron chi connectivity index (χ3n) is 3.72. The molecule has 0 atom stereocenters. The first-order valence-corrected chi connectivity index (χ1v) is 6.02. The van der Waals surface area contributed by atoms with Gasteiger partial charge in [-0.1, -0.05) is 36.4 Å². The summed E-state index contributed by atoms with van der Waals surface area (Å²) in [4.78, 5) is 3.57. The van der Waals surface area contributed by atoms with Gasteiger partial charge in [0.15, 0.2) is 0 Å². The van der Waals surface area contributed by atoms with Crippen LogP contribution in [0, 0.1) is 6.92 Å². The Morgan fingerprint density at radius 1 is 1.06 bits per heavy atom. The fourth-order valence-corrected chi connectivity index (χ4v) is 2.89. The van der Waals surface area contributed by atoms with Crippen LogP contribution in [0.4, 0.5) is 0 Å².